The van der Waals surface area contributed by atoms with E-state index in [-0.39, 0.29) is 30.6 Å². The number of carbonyl (C=O) groups excluding carboxylic acids is 2. The van der Waals surface area contributed by atoms with Crippen LogP contribution < -0.4 is 4.90 Å². The summed E-state index contributed by atoms with van der Waals surface area (Å²) in [5, 5.41) is 10.4. The molecule has 3 atom stereocenters. The molecule has 3 aromatic carbocycles. The monoisotopic (exact) mass is 541 g/mol. The van der Waals surface area contributed by atoms with Crippen LogP contribution in [-0.4, -0.2) is 38.3 Å². The number of amides is 2. The lowest BCUT2D eigenvalue weighted by atomic mass is 10.0. The van der Waals surface area contributed by atoms with Crippen LogP contribution in [0.15, 0.2) is 90.3 Å². The fourth-order valence-corrected chi connectivity index (χ4v) is 5.86. The van der Waals surface area contributed by atoms with Gasteiger partial charge >= 0.3 is 0 Å². The molecule has 39 heavy (non-hydrogen) atoms. The van der Waals surface area contributed by atoms with Crippen molar-refractivity contribution in [1.29, 1.82) is 0 Å². The second-order valence-electron chi connectivity index (χ2n) is 9.57. The number of aliphatic hydroxyl groups is 1. The minimum Gasteiger partial charge on any atom is -0.392 e. The Morgan fingerprint density at radius 3 is 2.36 bits per heavy atom. The summed E-state index contributed by atoms with van der Waals surface area (Å²) in [6.07, 6.45) is 3.23. The minimum absolute atomic E-state index is 0.0227. The van der Waals surface area contributed by atoms with E-state index in [1.807, 2.05) is 48.1 Å². The van der Waals surface area contributed by atoms with Crippen LogP contribution in [0.4, 0.5) is 5.69 Å². The number of aliphatic hydroxyl groups excluding tert-OH is 1. The highest BCUT2D eigenvalue weighted by Gasteiger charge is 2.37. The largest absolute Gasteiger partial charge is 0.392 e. The van der Waals surface area contributed by atoms with E-state index in [1.54, 1.807) is 60.4 Å². The third kappa shape index (κ3) is 5.02. The Bertz CT molecular complexity index is 1480. The van der Waals surface area contributed by atoms with Crippen LogP contribution in [0.1, 0.15) is 56.2 Å². The van der Waals surface area contributed by atoms with Crippen LogP contribution in [0.3, 0.4) is 0 Å². The number of imide groups is 1. The molecule has 1 fully saturated rings. The number of fused-ring (bicyclic) bond motifs is 1. The van der Waals surface area contributed by atoms with Crippen molar-refractivity contribution in [2.24, 2.45) is 7.05 Å². The Balaban J connectivity index is 1.28. The molecule has 0 spiro atoms. The summed E-state index contributed by atoms with van der Waals surface area (Å²) in [5.74, 6) is -0.0116. The van der Waals surface area contributed by atoms with Gasteiger partial charge in [0.1, 0.15) is 0 Å². The first-order chi connectivity index (χ1) is 19.0. The van der Waals surface area contributed by atoms with Gasteiger partial charge < -0.3 is 19.1 Å². The molecule has 1 aromatic heterocycles. The third-order valence-electron chi connectivity index (χ3n) is 6.98. The van der Waals surface area contributed by atoms with E-state index in [0.29, 0.717) is 34.6 Å². The Kier molecular flexibility index (Phi) is 7.05. The quantitative estimate of drug-likeness (QED) is 0.258. The van der Waals surface area contributed by atoms with E-state index in [1.165, 1.54) is 4.90 Å². The third-order valence-corrected chi connectivity index (χ3v) is 8.17. The highest BCUT2D eigenvalue weighted by atomic mass is 32.2. The maximum absolute atomic E-state index is 13.1. The van der Waals surface area contributed by atoms with Gasteiger partial charge in [0.25, 0.3) is 11.8 Å². The van der Waals surface area contributed by atoms with Crippen molar-refractivity contribution in [2.75, 3.05) is 10.7 Å². The number of nitrogens with zero attached hydrogens (tertiary/aromatic N) is 3. The van der Waals surface area contributed by atoms with Gasteiger partial charge in [0.2, 0.25) is 0 Å². The Labute approximate surface area is 230 Å². The predicted molar refractivity (Wildman–Crippen MR) is 146 cm³/mol. The number of ether oxygens (including phenoxy) is 2. The molecule has 0 radical (unpaired) electrons. The van der Waals surface area contributed by atoms with E-state index in [2.05, 4.69) is 4.98 Å². The van der Waals surface area contributed by atoms with Crippen LogP contribution >= 0.6 is 11.8 Å². The highest BCUT2D eigenvalue weighted by molar-refractivity contribution is 7.99. The smallest absolute Gasteiger partial charge is 0.266 e. The lowest BCUT2D eigenvalue weighted by Crippen LogP contribution is -2.32. The molecule has 0 unspecified atom stereocenters. The number of anilines is 1. The number of aryl methyl sites for hydroxylation is 1. The molecule has 198 valence electrons. The highest BCUT2D eigenvalue weighted by Crippen LogP contribution is 2.40. The van der Waals surface area contributed by atoms with Crippen molar-refractivity contribution in [3.63, 3.8) is 0 Å². The number of hydrogen-bond acceptors (Lipinski definition) is 7. The molecule has 3 heterocycles. The van der Waals surface area contributed by atoms with Crippen molar-refractivity contribution in [3.8, 4) is 0 Å². The molecule has 2 aliphatic rings. The second-order valence-corrected chi connectivity index (χ2v) is 10.6. The number of carbonyl (C=O) groups is 2. The van der Waals surface area contributed by atoms with Gasteiger partial charge in [0.05, 0.1) is 35.6 Å². The van der Waals surface area contributed by atoms with Gasteiger partial charge in [-0.05, 0) is 35.4 Å². The van der Waals surface area contributed by atoms with E-state index in [4.69, 9.17) is 9.47 Å². The zero-order valence-electron chi connectivity index (χ0n) is 21.3. The van der Waals surface area contributed by atoms with Crippen molar-refractivity contribution < 1.29 is 24.2 Å². The Morgan fingerprint density at radius 1 is 0.949 bits per heavy atom. The summed E-state index contributed by atoms with van der Waals surface area (Å²) in [4.78, 5) is 31.8. The molecule has 0 bridgehead atoms. The number of benzene rings is 3. The van der Waals surface area contributed by atoms with Gasteiger partial charge in [-0.1, -0.05) is 60.3 Å². The molecule has 0 aliphatic carbocycles. The standard InChI is InChI=1S/C30H27N3O5S/c1-32-14-13-31-30(32)39-18-23-16-26(20-11-9-19(17-34)10-12-20)38-29(37-23)21-5-4-6-22(15-21)33-27(35)24-7-2-3-8-25(24)28(33)36/h2-15,23,26,29,34H,16-18H2,1H3/t23-,26+,29+/m0/s1. The van der Waals surface area contributed by atoms with E-state index < -0.39 is 6.29 Å². The molecular weight excluding hydrogens is 514 g/mol. The van der Waals surface area contributed by atoms with Crippen molar-refractivity contribution >= 4 is 29.3 Å². The summed E-state index contributed by atoms with van der Waals surface area (Å²) in [5.41, 5.74) is 3.81. The van der Waals surface area contributed by atoms with E-state index in [0.717, 1.165) is 16.3 Å². The Hall–Kier alpha value is -3.76. The van der Waals surface area contributed by atoms with Gasteiger partial charge in [-0.3, -0.25) is 9.59 Å². The zero-order valence-corrected chi connectivity index (χ0v) is 22.1. The SMILES string of the molecule is Cn1ccnc1SC[C@@H]1C[C@H](c2ccc(CO)cc2)O[C@H](c2cccc(N3C(=O)c4ccccc4C3=O)c2)O1. The maximum atomic E-state index is 13.1. The summed E-state index contributed by atoms with van der Waals surface area (Å²) in [6, 6.07) is 21.8. The topological polar surface area (TPSA) is 93.9 Å². The molecule has 8 nitrogen and oxygen atoms in total. The van der Waals surface area contributed by atoms with Crippen molar-refractivity contribution in [1.82, 2.24) is 9.55 Å². The van der Waals surface area contributed by atoms with Crippen molar-refractivity contribution in [3.05, 3.63) is 113 Å². The normalized spacial score (nSPS) is 20.9. The van der Waals surface area contributed by atoms with Crippen LogP contribution in [-0.2, 0) is 23.1 Å². The molecule has 1 N–H and O–H groups in total. The summed E-state index contributed by atoms with van der Waals surface area (Å²) >= 11 is 1.62. The van der Waals surface area contributed by atoms with Crippen LogP contribution in [0.25, 0.3) is 0 Å². The van der Waals surface area contributed by atoms with E-state index in [9.17, 15) is 14.7 Å². The first kappa shape index (κ1) is 25.5. The van der Waals surface area contributed by atoms with Gasteiger partial charge in [-0.2, -0.15) is 0 Å². The maximum Gasteiger partial charge on any atom is 0.266 e. The van der Waals surface area contributed by atoms with Crippen LogP contribution in [0, 0.1) is 0 Å². The van der Waals surface area contributed by atoms with Gasteiger partial charge in [-0.25, -0.2) is 9.88 Å². The summed E-state index contributed by atoms with van der Waals surface area (Å²) in [7, 11) is 1.96. The lowest BCUT2D eigenvalue weighted by Gasteiger charge is -2.36. The second kappa shape index (κ2) is 10.8. The van der Waals surface area contributed by atoms with Gasteiger partial charge in [0, 0.05) is 37.2 Å². The van der Waals surface area contributed by atoms with Crippen molar-refractivity contribution in [2.45, 2.75) is 36.7 Å². The average molecular weight is 542 g/mol. The fraction of sp³-hybridized carbons (Fsp3) is 0.233. The fourth-order valence-electron chi connectivity index (χ4n) is 4.92. The predicted octanol–water partition coefficient (Wildman–Crippen LogP) is 5.05. The first-order valence-electron chi connectivity index (χ1n) is 12.7. The Morgan fingerprint density at radius 2 is 1.69 bits per heavy atom. The van der Waals surface area contributed by atoms with Crippen LogP contribution in [0.2, 0.25) is 0 Å². The molecule has 2 amide bonds. The molecular formula is C30H27N3O5S. The number of aromatic nitrogens is 2. The summed E-state index contributed by atoms with van der Waals surface area (Å²) in [6.45, 7) is -0.0227. The zero-order chi connectivity index (χ0) is 26.9. The molecule has 0 saturated carbocycles. The van der Waals surface area contributed by atoms with E-state index >= 15 is 0 Å². The van der Waals surface area contributed by atoms with Gasteiger partial charge in [-0.15, -0.1) is 0 Å². The number of imidazole rings is 1. The number of rotatable bonds is 7. The molecule has 1 saturated heterocycles. The summed E-state index contributed by atoms with van der Waals surface area (Å²) < 4.78 is 14.9. The molecule has 2 aliphatic heterocycles. The molecule has 4 aromatic rings. The average Bonchev–Trinajstić information content (AvgIpc) is 3.51. The first-order valence-corrected chi connectivity index (χ1v) is 13.7. The lowest BCUT2D eigenvalue weighted by molar-refractivity contribution is -0.245. The molecule has 9 heteroatoms. The number of thioether (sulfide) groups is 1. The minimum atomic E-state index is -0.705. The van der Waals surface area contributed by atoms with Gasteiger partial charge in [0.15, 0.2) is 11.4 Å². The molecule has 6 rings (SSSR count). The number of hydrogen-bond donors (Lipinski definition) is 1. The van der Waals surface area contributed by atoms with Crippen LogP contribution in [0.5, 0.6) is 0 Å².